The number of piperidine rings is 1. The summed E-state index contributed by atoms with van der Waals surface area (Å²) in [4.78, 5) is 2.54. The van der Waals surface area contributed by atoms with Gasteiger partial charge in [-0.05, 0) is 50.9 Å². The van der Waals surface area contributed by atoms with Crippen LogP contribution in [-0.2, 0) is 6.54 Å². The Hall–Kier alpha value is -0.900. The first-order valence-corrected chi connectivity index (χ1v) is 7.38. The first kappa shape index (κ1) is 14.5. The molecule has 1 aromatic rings. The van der Waals surface area contributed by atoms with Gasteiger partial charge in [-0.3, -0.25) is 4.90 Å². The van der Waals surface area contributed by atoms with Crippen LogP contribution in [0, 0.1) is 5.92 Å². The van der Waals surface area contributed by atoms with Gasteiger partial charge in [0.2, 0.25) is 0 Å². The van der Waals surface area contributed by atoms with Crippen LogP contribution in [0.3, 0.4) is 0 Å². The fraction of sp³-hybridized carbons (Fsp3) is 0.625. The molecule has 2 N–H and O–H groups in total. The van der Waals surface area contributed by atoms with Gasteiger partial charge in [-0.1, -0.05) is 30.3 Å². The van der Waals surface area contributed by atoms with E-state index in [-0.39, 0.29) is 6.61 Å². The van der Waals surface area contributed by atoms with Crippen LogP contribution in [0.15, 0.2) is 30.3 Å². The first-order valence-electron chi connectivity index (χ1n) is 7.38. The van der Waals surface area contributed by atoms with Gasteiger partial charge in [0.25, 0.3) is 0 Å². The van der Waals surface area contributed by atoms with Gasteiger partial charge in [0.1, 0.15) is 0 Å². The molecule has 1 aliphatic rings. The van der Waals surface area contributed by atoms with E-state index in [2.05, 4.69) is 40.5 Å². The molecule has 1 atom stereocenters. The highest BCUT2D eigenvalue weighted by atomic mass is 16.3. The van der Waals surface area contributed by atoms with E-state index in [9.17, 15) is 0 Å². The summed E-state index contributed by atoms with van der Waals surface area (Å²) in [6.45, 7) is 3.69. The summed E-state index contributed by atoms with van der Waals surface area (Å²) in [5.41, 5.74) is 1.40. The lowest BCUT2D eigenvalue weighted by molar-refractivity contribution is 0.142. The largest absolute Gasteiger partial charge is 0.396 e. The van der Waals surface area contributed by atoms with E-state index < -0.39 is 0 Å². The third kappa shape index (κ3) is 4.30. The second kappa shape index (κ2) is 7.63. The SMILES string of the molecule is CNC(CCO)C1CCN(Cc2ccccc2)CC1. The normalized spacial score (nSPS) is 19.5. The fourth-order valence-electron chi connectivity index (χ4n) is 3.11. The van der Waals surface area contributed by atoms with E-state index >= 15 is 0 Å². The number of likely N-dealkylation sites (tertiary alicyclic amines) is 1. The van der Waals surface area contributed by atoms with Crippen molar-refractivity contribution in [2.75, 3.05) is 26.7 Å². The van der Waals surface area contributed by atoms with Crippen LogP contribution in [0.5, 0.6) is 0 Å². The Kier molecular flexibility index (Phi) is 5.83. The highest BCUT2D eigenvalue weighted by Crippen LogP contribution is 2.23. The molecule has 2 rings (SSSR count). The highest BCUT2D eigenvalue weighted by Gasteiger charge is 2.25. The number of nitrogens with one attached hydrogen (secondary N) is 1. The average molecular weight is 262 g/mol. The van der Waals surface area contributed by atoms with Crippen molar-refractivity contribution in [3.05, 3.63) is 35.9 Å². The van der Waals surface area contributed by atoms with Gasteiger partial charge < -0.3 is 10.4 Å². The predicted octanol–water partition coefficient (Wildman–Crippen LogP) is 1.87. The van der Waals surface area contributed by atoms with E-state index in [1.54, 1.807) is 0 Å². The van der Waals surface area contributed by atoms with Gasteiger partial charge in [0, 0.05) is 19.2 Å². The number of benzene rings is 1. The summed E-state index contributed by atoms with van der Waals surface area (Å²) in [5, 5.41) is 12.5. The lowest BCUT2D eigenvalue weighted by Crippen LogP contribution is -2.42. The number of rotatable bonds is 6. The standard InChI is InChI=1S/C16H26N2O/c1-17-16(9-12-19)15-7-10-18(11-8-15)13-14-5-3-2-4-6-14/h2-6,15-17,19H,7-13H2,1H3. The Morgan fingerprint density at radius 3 is 2.53 bits per heavy atom. The van der Waals surface area contributed by atoms with Gasteiger partial charge in [0.05, 0.1) is 0 Å². The smallest absolute Gasteiger partial charge is 0.0445 e. The van der Waals surface area contributed by atoms with Crippen molar-refractivity contribution in [1.82, 2.24) is 10.2 Å². The topological polar surface area (TPSA) is 35.5 Å². The van der Waals surface area contributed by atoms with Gasteiger partial charge in [-0.25, -0.2) is 0 Å². The fourth-order valence-corrected chi connectivity index (χ4v) is 3.11. The second-order valence-electron chi connectivity index (χ2n) is 5.51. The Balaban J connectivity index is 1.79. The third-order valence-corrected chi connectivity index (χ3v) is 4.26. The zero-order valence-electron chi connectivity index (χ0n) is 11.9. The van der Waals surface area contributed by atoms with Crippen molar-refractivity contribution in [1.29, 1.82) is 0 Å². The summed E-state index contributed by atoms with van der Waals surface area (Å²) in [7, 11) is 2.01. The monoisotopic (exact) mass is 262 g/mol. The second-order valence-corrected chi connectivity index (χ2v) is 5.51. The number of aliphatic hydroxyl groups is 1. The molecule has 1 aliphatic heterocycles. The number of hydrogen-bond acceptors (Lipinski definition) is 3. The molecule has 0 spiro atoms. The summed E-state index contributed by atoms with van der Waals surface area (Å²) in [6.07, 6.45) is 3.34. The molecule has 0 amide bonds. The zero-order valence-corrected chi connectivity index (χ0v) is 11.9. The molecule has 1 aromatic carbocycles. The van der Waals surface area contributed by atoms with Gasteiger partial charge in [0.15, 0.2) is 0 Å². The Morgan fingerprint density at radius 2 is 1.95 bits per heavy atom. The molecule has 1 saturated heterocycles. The lowest BCUT2D eigenvalue weighted by atomic mass is 9.87. The minimum absolute atomic E-state index is 0.287. The molecule has 0 saturated carbocycles. The summed E-state index contributed by atoms with van der Waals surface area (Å²) >= 11 is 0. The van der Waals surface area contributed by atoms with Crippen LogP contribution < -0.4 is 5.32 Å². The minimum Gasteiger partial charge on any atom is -0.396 e. The molecular formula is C16H26N2O. The van der Waals surface area contributed by atoms with E-state index in [1.807, 2.05) is 7.05 Å². The molecule has 0 radical (unpaired) electrons. The van der Waals surface area contributed by atoms with Crippen LogP contribution in [-0.4, -0.2) is 42.8 Å². The van der Waals surface area contributed by atoms with Crippen LogP contribution in [0.25, 0.3) is 0 Å². The lowest BCUT2D eigenvalue weighted by Gasteiger charge is -2.36. The minimum atomic E-state index is 0.287. The van der Waals surface area contributed by atoms with Gasteiger partial charge in [-0.15, -0.1) is 0 Å². The molecule has 19 heavy (non-hydrogen) atoms. The van der Waals surface area contributed by atoms with E-state index in [4.69, 9.17) is 5.11 Å². The quantitative estimate of drug-likeness (QED) is 0.821. The van der Waals surface area contributed by atoms with Crippen LogP contribution in [0.1, 0.15) is 24.8 Å². The molecule has 1 unspecified atom stereocenters. The number of nitrogens with zero attached hydrogens (tertiary/aromatic N) is 1. The van der Waals surface area contributed by atoms with Gasteiger partial charge in [-0.2, -0.15) is 0 Å². The maximum absolute atomic E-state index is 9.09. The van der Waals surface area contributed by atoms with Gasteiger partial charge >= 0.3 is 0 Å². The molecule has 3 heteroatoms. The van der Waals surface area contributed by atoms with Crippen molar-refractivity contribution in [3.63, 3.8) is 0 Å². The van der Waals surface area contributed by atoms with Crippen molar-refractivity contribution in [3.8, 4) is 0 Å². The first-order chi connectivity index (χ1) is 9.33. The highest BCUT2D eigenvalue weighted by molar-refractivity contribution is 5.14. The van der Waals surface area contributed by atoms with Crippen molar-refractivity contribution in [2.45, 2.75) is 31.8 Å². The van der Waals surface area contributed by atoms with E-state index in [0.29, 0.717) is 12.0 Å². The molecule has 0 bridgehead atoms. The zero-order chi connectivity index (χ0) is 13.5. The number of aliphatic hydroxyl groups excluding tert-OH is 1. The maximum Gasteiger partial charge on any atom is 0.0445 e. The molecular weight excluding hydrogens is 236 g/mol. The summed E-state index contributed by atoms with van der Waals surface area (Å²) < 4.78 is 0. The van der Waals surface area contributed by atoms with Crippen LogP contribution in [0.4, 0.5) is 0 Å². The Bertz CT molecular complexity index is 347. The Morgan fingerprint density at radius 1 is 1.26 bits per heavy atom. The van der Waals surface area contributed by atoms with E-state index in [1.165, 1.54) is 31.5 Å². The van der Waals surface area contributed by atoms with Crippen LogP contribution in [0.2, 0.25) is 0 Å². The molecule has 0 aliphatic carbocycles. The number of hydrogen-bond donors (Lipinski definition) is 2. The van der Waals surface area contributed by atoms with Crippen molar-refractivity contribution >= 4 is 0 Å². The Labute approximate surface area is 116 Å². The molecule has 1 heterocycles. The average Bonchev–Trinajstić information content (AvgIpc) is 2.47. The molecule has 3 nitrogen and oxygen atoms in total. The third-order valence-electron chi connectivity index (χ3n) is 4.26. The molecule has 1 fully saturated rings. The predicted molar refractivity (Wildman–Crippen MR) is 79.0 cm³/mol. The molecule has 0 aromatic heterocycles. The summed E-state index contributed by atoms with van der Waals surface area (Å²) in [5.74, 6) is 0.712. The summed E-state index contributed by atoms with van der Waals surface area (Å²) in [6, 6.07) is 11.2. The maximum atomic E-state index is 9.09. The van der Waals surface area contributed by atoms with Crippen molar-refractivity contribution in [2.24, 2.45) is 5.92 Å². The molecule has 106 valence electrons. The van der Waals surface area contributed by atoms with E-state index in [0.717, 1.165) is 13.0 Å². The van der Waals surface area contributed by atoms with Crippen molar-refractivity contribution < 1.29 is 5.11 Å². The van der Waals surface area contributed by atoms with Crippen LogP contribution >= 0.6 is 0 Å².